The van der Waals surface area contributed by atoms with Gasteiger partial charge in [-0.1, -0.05) is 0 Å². The molecule has 0 fully saturated rings. The third-order valence-corrected chi connectivity index (χ3v) is 1.79. The quantitative estimate of drug-likeness (QED) is 0.521. The standard InChI is InChI=1S/C9H2F12O/c10-6(11,12)4(7(13,14)15)1-3(22)2-5(8(16,17)18)9(19,20)21/h1-2H. The van der Waals surface area contributed by atoms with Crippen LogP contribution >= 0.6 is 0 Å². The SMILES string of the molecule is O=C(C=C(C(F)(F)F)C(F)(F)F)C=C(C(F)(F)F)C(F)(F)F. The molecule has 22 heavy (non-hydrogen) atoms. The van der Waals surface area contributed by atoms with Crippen LogP contribution in [-0.2, 0) is 4.79 Å². The first-order chi connectivity index (χ1) is 9.37. The first kappa shape index (κ1) is 20.3. The van der Waals surface area contributed by atoms with Gasteiger partial charge in [-0.05, 0) is 0 Å². The minimum Gasteiger partial charge on any atom is -0.290 e. The summed E-state index contributed by atoms with van der Waals surface area (Å²) < 4.78 is 144. The van der Waals surface area contributed by atoms with Gasteiger partial charge in [-0.25, -0.2) is 0 Å². The van der Waals surface area contributed by atoms with Crippen LogP contribution in [0.25, 0.3) is 0 Å². The predicted octanol–water partition coefficient (Wildman–Crippen LogP) is 4.66. The van der Waals surface area contributed by atoms with Crippen molar-refractivity contribution in [2.24, 2.45) is 0 Å². The van der Waals surface area contributed by atoms with Crippen molar-refractivity contribution in [3.8, 4) is 0 Å². The fourth-order valence-corrected chi connectivity index (χ4v) is 0.975. The highest BCUT2D eigenvalue weighted by Gasteiger charge is 2.53. The molecule has 0 saturated heterocycles. The zero-order chi connectivity index (χ0) is 18.1. The van der Waals surface area contributed by atoms with Gasteiger partial charge < -0.3 is 0 Å². The van der Waals surface area contributed by atoms with Gasteiger partial charge in [0, 0.05) is 12.2 Å². The van der Waals surface area contributed by atoms with Crippen molar-refractivity contribution in [1.82, 2.24) is 0 Å². The average molecular weight is 354 g/mol. The highest BCUT2D eigenvalue weighted by molar-refractivity contribution is 6.00. The third kappa shape index (κ3) is 5.97. The van der Waals surface area contributed by atoms with Crippen LogP contribution in [0.5, 0.6) is 0 Å². The molecule has 0 atom stereocenters. The number of carbonyl (C=O) groups excluding carboxylic acids is 1. The van der Waals surface area contributed by atoms with Crippen LogP contribution in [0.2, 0.25) is 0 Å². The molecule has 0 aliphatic rings. The molecule has 1 nitrogen and oxygen atoms in total. The zero-order valence-corrected chi connectivity index (χ0v) is 9.60. The van der Waals surface area contributed by atoms with E-state index >= 15 is 0 Å². The summed E-state index contributed by atoms with van der Waals surface area (Å²) in [6.07, 6.45) is -27.6. The summed E-state index contributed by atoms with van der Waals surface area (Å²) in [4.78, 5) is 10.7. The second-order valence-electron chi connectivity index (χ2n) is 3.51. The maximum Gasteiger partial charge on any atom is 0.421 e. The topological polar surface area (TPSA) is 17.1 Å². The number of hydrogen-bond donors (Lipinski definition) is 0. The molecule has 13 heteroatoms. The lowest BCUT2D eigenvalue weighted by Gasteiger charge is -2.15. The summed E-state index contributed by atoms with van der Waals surface area (Å²) in [6.45, 7) is 0. The fourth-order valence-electron chi connectivity index (χ4n) is 0.975. The summed E-state index contributed by atoms with van der Waals surface area (Å²) >= 11 is 0. The van der Waals surface area contributed by atoms with Gasteiger partial charge in [0.25, 0.3) is 0 Å². The summed E-state index contributed by atoms with van der Waals surface area (Å²) in [6, 6.07) is 0. The molecule has 0 aromatic carbocycles. The number of ketones is 1. The van der Waals surface area contributed by atoms with E-state index in [0.29, 0.717) is 0 Å². The molecule has 0 radical (unpaired) electrons. The second-order valence-corrected chi connectivity index (χ2v) is 3.51. The lowest BCUT2D eigenvalue weighted by molar-refractivity contribution is -0.172. The monoisotopic (exact) mass is 354 g/mol. The van der Waals surface area contributed by atoms with Crippen LogP contribution in [0.3, 0.4) is 0 Å². The van der Waals surface area contributed by atoms with Crippen LogP contribution in [0.4, 0.5) is 52.7 Å². The summed E-state index contributed by atoms with van der Waals surface area (Å²) in [5.41, 5.74) is -7.07. The Morgan fingerprint density at radius 3 is 0.818 bits per heavy atom. The van der Waals surface area contributed by atoms with Crippen molar-refractivity contribution in [2.75, 3.05) is 0 Å². The van der Waals surface area contributed by atoms with E-state index in [1.165, 1.54) is 0 Å². The van der Waals surface area contributed by atoms with Gasteiger partial charge in [0.1, 0.15) is 11.1 Å². The Morgan fingerprint density at radius 2 is 0.682 bits per heavy atom. The van der Waals surface area contributed by atoms with Gasteiger partial charge in [-0.15, -0.1) is 0 Å². The normalized spacial score (nSPS) is 13.6. The zero-order valence-electron chi connectivity index (χ0n) is 9.60. The first-order valence-electron chi connectivity index (χ1n) is 4.63. The Labute approximate surface area is 112 Å². The van der Waals surface area contributed by atoms with Crippen LogP contribution in [0, 0.1) is 0 Å². The number of rotatable bonds is 2. The van der Waals surface area contributed by atoms with Gasteiger partial charge >= 0.3 is 24.7 Å². The van der Waals surface area contributed by atoms with Crippen molar-refractivity contribution in [2.45, 2.75) is 24.7 Å². The molecule has 0 aliphatic heterocycles. The lowest BCUT2D eigenvalue weighted by Crippen LogP contribution is -2.28. The van der Waals surface area contributed by atoms with E-state index in [4.69, 9.17) is 0 Å². The van der Waals surface area contributed by atoms with Crippen molar-refractivity contribution >= 4 is 5.78 Å². The molecule has 0 spiro atoms. The number of carbonyl (C=O) groups is 1. The number of allylic oxidation sites excluding steroid dienone is 4. The van der Waals surface area contributed by atoms with Crippen LogP contribution in [-0.4, -0.2) is 30.5 Å². The van der Waals surface area contributed by atoms with Crippen molar-refractivity contribution < 1.29 is 57.5 Å². The smallest absolute Gasteiger partial charge is 0.290 e. The Morgan fingerprint density at radius 1 is 0.500 bits per heavy atom. The molecule has 0 rings (SSSR count). The Balaban J connectivity index is 5.95. The van der Waals surface area contributed by atoms with Crippen LogP contribution < -0.4 is 0 Å². The van der Waals surface area contributed by atoms with Gasteiger partial charge in [-0.3, -0.25) is 4.79 Å². The molecule has 128 valence electrons. The number of alkyl halides is 12. The van der Waals surface area contributed by atoms with E-state index in [9.17, 15) is 57.5 Å². The highest BCUT2D eigenvalue weighted by atomic mass is 19.4. The summed E-state index contributed by atoms with van der Waals surface area (Å²) in [7, 11) is 0. The van der Waals surface area contributed by atoms with E-state index in [2.05, 4.69) is 0 Å². The molecule has 0 N–H and O–H groups in total. The van der Waals surface area contributed by atoms with E-state index in [1.807, 2.05) is 0 Å². The van der Waals surface area contributed by atoms with Crippen molar-refractivity contribution in [3.63, 3.8) is 0 Å². The Hall–Kier alpha value is -1.69. The van der Waals surface area contributed by atoms with E-state index < -0.39 is 53.8 Å². The van der Waals surface area contributed by atoms with E-state index in [1.54, 1.807) is 0 Å². The molecular weight excluding hydrogens is 352 g/mol. The third-order valence-electron chi connectivity index (χ3n) is 1.79. The Kier molecular flexibility index (Phi) is 5.39. The summed E-state index contributed by atoms with van der Waals surface area (Å²) in [5, 5.41) is 0. The minimum absolute atomic E-state index is 1.39. The largest absolute Gasteiger partial charge is 0.421 e. The predicted molar refractivity (Wildman–Crippen MR) is 45.4 cm³/mol. The highest BCUT2D eigenvalue weighted by Crippen LogP contribution is 2.40. The Bertz CT molecular complexity index is 405. The first-order valence-corrected chi connectivity index (χ1v) is 4.63. The fraction of sp³-hybridized carbons (Fsp3) is 0.444. The lowest BCUT2D eigenvalue weighted by atomic mass is 10.1. The van der Waals surface area contributed by atoms with E-state index in [0.717, 1.165) is 0 Å². The van der Waals surface area contributed by atoms with E-state index in [-0.39, 0.29) is 0 Å². The maximum atomic E-state index is 12.0. The molecule has 0 saturated carbocycles. The second kappa shape index (κ2) is 5.83. The van der Waals surface area contributed by atoms with Crippen molar-refractivity contribution in [3.05, 3.63) is 23.3 Å². The molecule has 0 aromatic rings. The molecule has 0 unspecified atom stereocenters. The minimum atomic E-state index is -6.20. The van der Waals surface area contributed by atoms with Gasteiger partial charge in [-0.2, -0.15) is 52.7 Å². The van der Waals surface area contributed by atoms with Crippen LogP contribution in [0.1, 0.15) is 0 Å². The maximum absolute atomic E-state index is 12.0. The molecular formula is C9H2F12O. The van der Waals surface area contributed by atoms with Gasteiger partial charge in [0.15, 0.2) is 5.78 Å². The molecule has 0 heterocycles. The number of hydrogen-bond acceptors (Lipinski definition) is 1. The molecule has 0 aliphatic carbocycles. The average Bonchev–Trinajstić information content (AvgIpc) is 2.15. The van der Waals surface area contributed by atoms with Gasteiger partial charge in [0.2, 0.25) is 0 Å². The number of halogens is 12. The van der Waals surface area contributed by atoms with Crippen LogP contribution in [0.15, 0.2) is 23.3 Å². The van der Waals surface area contributed by atoms with Gasteiger partial charge in [0.05, 0.1) is 0 Å². The van der Waals surface area contributed by atoms with Crippen molar-refractivity contribution in [1.29, 1.82) is 0 Å². The molecule has 0 bridgehead atoms. The molecule has 0 amide bonds. The summed E-state index contributed by atoms with van der Waals surface area (Å²) in [5.74, 6) is -2.77. The molecule has 0 aromatic heterocycles.